The quantitative estimate of drug-likeness (QED) is 0.0963. The largest absolute Gasteiger partial charge is 0.414 e. The Bertz CT molecular complexity index is 2420. The molecular formula is C37H60N8O12SSi2. The summed E-state index contributed by atoms with van der Waals surface area (Å²) in [6.45, 7) is 22.1. The molecule has 3 aliphatic heterocycles. The molecule has 2 fully saturated rings. The fraction of sp³-hybridized carbons (Fsp3) is 0.730. The molecule has 2 aromatic heterocycles. The van der Waals surface area contributed by atoms with Gasteiger partial charge in [0.2, 0.25) is 0 Å². The van der Waals surface area contributed by atoms with Crippen LogP contribution in [0.25, 0.3) is 10.4 Å². The van der Waals surface area contributed by atoms with Gasteiger partial charge in [-0.1, -0.05) is 46.7 Å². The first kappa shape index (κ1) is 47.4. The van der Waals surface area contributed by atoms with Crippen molar-refractivity contribution < 1.29 is 36.0 Å². The molecule has 2 aromatic rings. The van der Waals surface area contributed by atoms with Crippen molar-refractivity contribution in [2.45, 2.75) is 160 Å². The summed E-state index contributed by atoms with van der Waals surface area (Å²) in [7, 11) is -9.68. The van der Waals surface area contributed by atoms with E-state index in [-0.39, 0.29) is 54.4 Å². The smallest absolute Gasteiger partial charge is 0.333 e. The van der Waals surface area contributed by atoms with Crippen LogP contribution in [0.4, 0.5) is 0 Å². The lowest BCUT2D eigenvalue weighted by Gasteiger charge is -2.43. The molecule has 1 unspecified atom stereocenters. The number of aryl methyl sites for hydroxylation is 2. The standard InChI is InChI=1S/C37H60N8O12SSi2/c1-22-17-44(28-16-24(40-41-39)25(19-46)54-28)33(49)42(30(22)47)14-13-15-43-31(48)23(2)18-45(34(43)50)32-29(56-60(11,12)36(6,7)8)37(26(38)21-58(51,52)57-37)27(55-32)20-53-59(9,10)35(3,4)5/h17-18,21,24-25,27-29,32,46H,13-16,19-20,38H2,1-12H3/t24?,25-,27-,28-,29+,32-,37-/m1/s1. The first-order valence-corrected chi connectivity index (χ1v) is 27.2. The van der Waals surface area contributed by atoms with Gasteiger partial charge in [-0.05, 0) is 62.1 Å². The van der Waals surface area contributed by atoms with Gasteiger partial charge in [0.05, 0.1) is 36.5 Å². The zero-order chi connectivity index (χ0) is 45.1. The summed E-state index contributed by atoms with van der Waals surface area (Å²) in [5, 5.41) is 13.6. The molecule has 60 heavy (non-hydrogen) atoms. The van der Waals surface area contributed by atoms with Gasteiger partial charge in [0.15, 0.2) is 28.5 Å². The van der Waals surface area contributed by atoms with E-state index in [1.165, 1.54) is 35.4 Å². The summed E-state index contributed by atoms with van der Waals surface area (Å²) in [5.41, 5.74) is 11.0. The molecule has 3 aliphatic rings. The van der Waals surface area contributed by atoms with Gasteiger partial charge in [-0.3, -0.25) is 27.9 Å². The molecule has 334 valence electrons. The van der Waals surface area contributed by atoms with Crippen molar-refractivity contribution in [1.82, 2.24) is 18.3 Å². The molecule has 0 amide bonds. The molecule has 0 bridgehead atoms. The summed E-state index contributed by atoms with van der Waals surface area (Å²) >= 11 is 0. The van der Waals surface area contributed by atoms with Gasteiger partial charge >= 0.3 is 11.4 Å². The van der Waals surface area contributed by atoms with Crippen molar-refractivity contribution in [3.63, 3.8) is 0 Å². The Balaban J connectivity index is 1.56. The predicted octanol–water partition coefficient (Wildman–Crippen LogP) is 3.21. The molecule has 1 spiro atoms. The van der Waals surface area contributed by atoms with E-state index >= 15 is 0 Å². The summed E-state index contributed by atoms with van der Waals surface area (Å²) in [5.74, 6) is 0. The number of hydrogen-bond donors (Lipinski definition) is 2. The van der Waals surface area contributed by atoms with Gasteiger partial charge in [0.25, 0.3) is 21.2 Å². The zero-order valence-corrected chi connectivity index (χ0v) is 39.3. The van der Waals surface area contributed by atoms with Crippen LogP contribution in [0.3, 0.4) is 0 Å². The van der Waals surface area contributed by atoms with Crippen LogP contribution in [0.1, 0.15) is 78.0 Å². The Morgan fingerprint density at radius 2 is 1.47 bits per heavy atom. The van der Waals surface area contributed by atoms with E-state index in [9.17, 15) is 32.7 Å². The highest BCUT2D eigenvalue weighted by Crippen LogP contribution is 2.52. The highest BCUT2D eigenvalue weighted by molar-refractivity contribution is 7.90. The molecule has 0 saturated carbocycles. The second kappa shape index (κ2) is 16.6. The Morgan fingerprint density at radius 3 is 1.95 bits per heavy atom. The third-order valence-electron chi connectivity index (χ3n) is 12.7. The number of aliphatic hydroxyl groups is 1. The van der Waals surface area contributed by atoms with Crippen LogP contribution >= 0.6 is 0 Å². The summed E-state index contributed by atoms with van der Waals surface area (Å²) < 4.78 is 62.7. The topological polar surface area (TPSA) is 263 Å². The van der Waals surface area contributed by atoms with E-state index in [1.807, 2.05) is 47.0 Å². The van der Waals surface area contributed by atoms with Gasteiger partial charge in [0, 0.05) is 47.9 Å². The number of hydrogen-bond acceptors (Lipinski definition) is 14. The lowest BCUT2D eigenvalue weighted by atomic mass is 9.89. The molecule has 0 aliphatic carbocycles. The van der Waals surface area contributed by atoms with Gasteiger partial charge in [-0.25, -0.2) is 13.8 Å². The average Bonchev–Trinajstić information content (AvgIpc) is 3.75. The second-order valence-corrected chi connectivity index (χ2v) is 29.9. The molecule has 7 atom stereocenters. The monoisotopic (exact) mass is 896 g/mol. The summed E-state index contributed by atoms with van der Waals surface area (Å²) in [6.07, 6.45) is -2.91. The molecule has 0 aromatic carbocycles. The predicted molar refractivity (Wildman–Crippen MR) is 227 cm³/mol. The maximum absolute atomic E-state index is 14.6. The molecule has 0 radical (unpaired) electrons. The maximum Gasteiger partial charge on any atom is 0.333 e. The van der Waals surface area contributed by atoms with Crippen LogP contribution in [0.15, 0.2) is 47.8 Å². The van der Waals surface area contributed by atoms with E-state index in [0.717, 1.165) is 14.5 Å². The summed E-state index contributed by atoms with van der Waals surface area (Å²) in [4.78, 5) is 58.1. The van der Waals surface area contributed by atoms with E-state index in [0.29, 0.717) is 0 Å². The fourth-order valence-corrected chi connectivity index (χ4v) is 10.6. The number of nitrogens with zero attached hydrogens (tertiary/aromatic N) is 7. The molecule has 23 heteroatoms. The lowest BCUT2D eigenvalue weighted by Crippen LogP contribution is -2.59. The number of nitrogens with two attached hydrogens (primary N) is 1. The Hall–Kier alpha value is -3.65. The maximum atomic E-state index is 14.6. The van der Waals surface area contributed by atoms with Crippen molar-refractivity contribution in [3.8, 4) is 0 Å². The summed E-state index contributed by atoms with van der Waals surface area (Å²) in [6, 6.07) is -0.740. The molecular weight excluding hydrogens is 837 g/mol. The van der Waals surface area contributed by atoms with Gasteiger partial charge in [-0.15, -0.1) is 0 Å². The molecule has 2 saturated heterocycles. The SMILES string of the molecule is Cc1cn([C@@H]2O[C@H](CO[Si](C)(C)C(C)(C)C)[C@@]3(OS(=O)(=O)C=C3N)[C@H]2O[Si](C)(C)C(C)(C)C)c(=O)n(CCCn2c(=O)c(C)cn([C@H]3CC(N=[N+]=[N-])[C@@H](CO)O3)c2=O)c1=O. The van der Waals surface area contributed by atoms with Crippen molar-refractivity contribution >= 4 is 26.8 Å². The van der Waals surface area contributed by atoms with E-state index in [1.54, 1.807) is 0 Å². The van der Waals surface area contributed by atoms with Gasteiger partial charge in [0.1, 0.15) is 18.4 Å². The number of azide groups is 1. The Kier molecular flexibility index (Phi) is 13.1. The zero-order valence-electron chi connectivity index (χ0n) is 36.5. The second-order valence-electron chi connectivity index (χ2n) is 18.9. The van der Waals surface area contributed by atoms with Crippen molar-refractivity contribution in [3.05, 3.63) is 86.7 Å². The average molecular weight is 897 g/mol. The normalized spacial score (nSPS) is 27.1. The van der Waals surface area contributed by atoms with Crippen LogP contribution in [0, 0.1) is 13.8 Å². The first-order valence-electron chi connectivity index (χ1n) is 19.9. The molecule has 20 nitrogen and oxygen atoms in total. The minimum atomic E-state index is -4.34. The van der Waals surface area contributed by atoms with Crippen molar-refractivity contribution in [2.75, 3.05) is 13.2 Å². The third kappa shape index (κ3) is 8.70. The van der Waals surface area contributed by atoms with Crippen LogP contribution in [-0.4, -0.2) is 91.6 Å². The number of aromatic nitrogens is 4. The number of rotatable bonds is 13. The van der Waals surface area contributed by atoms with Crippen LogP contribution in [-0.2, 0) is 45.7 Å². The lowest BCUT2D eigenvalue weighted by molar-refractivity contribution is -0.0567. The van der Waals surface area contributed by atoms with Crippen LogP contribution < -0.4 is 28.2 Å². The minimum Gasteiger partial charge on any atom is -0.414 e. The number of aliphatic hydroxyl groups excluding tert-OH is 1. The highest BCUT2D eigenvalue weighted by atomic mass is 32.2. The first-order chi connectivity index (χ1) is 27.5. The van der Waals surface area contributed by atoms with Crippen LogP contribution in [0.2, 0.25) is 36.3 Å². The molecule has 5 rings (SSSR count). The minimum absolute atomic E-state index is 0.0251. The van der Waals surface area contributed by atoms with Gasteiger partial charge in [-0.2, -0.15) is 8.42 Å². The highest BCUT2D eigenvalue weighted by Gasteiger charge is 2.67. The molecule has 5 heterocycles. The van der Waals surface area contributed by atoms with E-state index in [2.05, 4.69) is 30.8 Å². The van der Waals surface area contributed by atoms with E-state index < -0.39 is 103 Å². The van der Waals surface area contributed by atoms with Crippen molar-refractivity contribution in [2.24, 2.45) is 10.8 Å². The Labute approximate surface area is 350 Å². The van der Waals surface area contributed by atoms with E-state index in [4.69, 9.17) is 33.8 Å². The fourth-order valence-electron chi connectivity index (χ4n) is 7.14. The number of ether oxygens (including phenoxy) is 2. The molecule has 3 N–H and O–H groups in total. The van der Waals surface area contributed by atoms with Gasteiger partial charge < -0.3 is 29.2 Å². The third-order valence-corrected chi connectivity index (χ3v) is 22.7. The van der Waals surface area contributed by atoms with Crippen LogP contribution in [0.5, 0.6) is 0 Å². The Morgan fingerprint density at radius 1 is 0.933 bits per heavy atom. The van der Waals surface area contributed by atoms with Crippen molar-refractivity contribution in [1.29, 1.82) is 0 Å².